The second-order valence-corrected chi connectivity index (χ2v) is 6.11. The Kier molecular flexibility index (Phi) is 6.44. The topological polar surface area (TPSA) is 58.6 Å². The lowest BCUT2D eigenvalue weighted by Crippen LogP contribution is -2.45. The molecule has 0 atom stereocenters. The van der Waals surface area contributed by atoms with Gasteiger partial charge in [0.2, 0.25) is 0 Å². The monoisotopic (exact) mass is 318 g/mol. The van der Waals surface area contributed by atoms with Crippen molar-refractivity contribution in [2.75, 3.05) is 19.0 Å². The number of carbonyl (C=O) groups is 2. The first kappa shape index (κ1) is 17.3. The lowest BCUT2D eigenvalue weighted by molar-refractivity contribution is -0.140. The van der Waals surface area contributed by atoms with Gasteiger partial charge in [0.1, 0.15) is 0 Å². The van der Waals surface area contributed by atoms with Gasteiger partial charge in [0.25, 0.3) is 0 Å². The molecule has 5 nitrogen and oxygen atoms in total. The molecule has 5 heteroatoms. The Balaban J connectivity index is 2.02. The largest absolute Gasteiger partial charge is 0.469 e. The van der Waals surface area contributed by atoms with Crippen LogP contribution in [0.25, 0.3) is 0 Å². The molecule has 0 radical (unpaired) electrons. The van der Waals surface area contributed by atoms with Gasteiger partial charge in [-0.3, -0.25) is 4.79 Å². The smallest absolute Gasteiger partial charge is 0.322 e. The van der Waals surface area contributed by atoms with Crippen molar-refractivity contribution in [2.45, 2.75) is 51.5 Å². The third-order valence-electron chi connectivity index (χ3n) is 4.36. The van der Waals surface area contributed by atoms with E-state index in [1.807, 2.05) is 31.2 Å². The van der Waals surface area contributed by atoms with Crippen LogP contribution in [0, 0.1) is 6.92 Å². The fourth-order valence-corrected chi connectivity index (χ4v) is 2.99. The van der Waals surface area contributed by atoms with Crippen LogP contribution in [0.4, 0.5) is 10.5 Å². The summed E-state index contributed by atoms with van der Waals surface area (Å²) in [5, 5.41) is 2.94. The molecule has 2 amide bonds. The fourth-order valence-electron chi connectivity index (χ4n) is 2.99. The highest BCUT2D eigenvalue weighted by molar-refractivity contribution is 5.89. The summed E-state index contributed by atoms with van der Waals surface area (Å²) in [4.78, 5) is 25.9. The molecule has 1 aliphatic carbocycles. The number of aryl methyl sites for hydroxylation is 1. The minimum absolute atomic E-state index is 0.135. The van der Waals surface area contributed by atoms with Crippen molar-refractivity contribution in [3.8, 4) is 0 Å². The molecule has 1 aromatic rings. The highest BCUT2D eigenvalue weighted by atomic mass is 16.5. The van der Waals surface area contributed by atoms with Crippen molar-refractivity contribution < 1.29 is 14.3 Å². The molecule has 0 spiro atoms. The van der Waals surface area contributed by atoms with Gasteiger partial charge in [-0.15, -0.1) is 0 Å². The van der Waals surface area contributed by atoms with Crippen LogP contribution in [0.1, 0.15) is 44.1 Å². The summed E-state index contributed by atoms with van der Waals surface area (Å²) in [6, 6.07) is 7.80. The van der Waals surface area contributed by atoms with Gasteiger partial charge in [0.15, 0.2) is 0 Å². The average molecular weight is 318 g/mol. The van der Waals surface area contributed by atoms with Gasteiger partial charge >= 0.3 is 12.0 Å². The highest BCUT2D eigenvalue weighted by Crippen LogP contribution is 2.23. The van der Waals surface area contributed by atoms with Crippen LogP contribution >= 0.6 is 0 Å². The average Bonchev–Trinajstić information content (AvgIpc) is 2.58. The van der Waals surface area contributed by atoms with E-state index in [9.17, 15) is 9.59 Å². The van der Waals surface area contributed by atoms with Crippen LogP contribution in [0.15, 0.2) is 24.3 Å². The first-order chi connectivity index (χ1) is 11.1. The summed E-state index contributed by atoms with van der Waals surface area (Å²) < 4.78 is 4.70. The number of rotatable bonds is 5. The zero-order chi connectivity index (χ0) is 16.7. The van der Waals surface area contributed by atoms with Crippen molar-refractivity contribution in [1.82, 2.24) is 4.90 Å². The second kappa shape index (κ2) is 8.56. The number of amides is 2. The van der Waals surface area contributed by atoms with Crippen LogP contribution < -0.4 is 5.32 Å². The molecular formula is C18H26N2O3. The molecule has 1 aliphatic rings. The van der Waals surface area contributed by atoms with E-state index in [1.54, 1.807) is 4.90 Å². The molecule has 1 N–H and O–H groups in total. The molecule has 23 heavy (non-hydrogen) atoms. The Hall–Kier alpha value is -2.04. The maximum absolute atomic E-state index is 12.7. The summed E-state index contributed by atoms with van der Waals surface area (Å²) in [6.07, 6.45) is 5.73. The number of methoxy groups -OCH3 is 1. The molecule has 0 heterocycles. The van der Waals surface area contributed by atoms with Crippen molar-refractivity contribution in [2.24, 2.45) is 0 Å². The number of nitrogens with one attached hydrogen (secondary N) is 1. The molecule has 1 fully saturated rings. The maximum atomic E-state index is 12.7. The van der Waals surface area contributed by atoms with E-state index in [4.69, 9.17) is 4.74 Å². The number of ether oxygens (including phenoxy) is 1. The summed E-state index contributed by atoms with van der Waals surface area (Å²) in [7, 11) is 1.37. The summed E-state index contributed by atoms with van der Waals surface area (Å²) >= 11 is 0. The molecule has 1 saturated carbocycles. The minimum Gasteiger partial charge on any atom is -0.469 e. The Morgan fingerprint density at radius 2 is 1.83 bits per heavy atom. The second-order valence-electron chi connectivity index (χ2n) is 6.11. The van der Waals surface area contributed by atoms with E-state index >= 15 is 0 Å². The standard InChI is InChI=1S/C18H26N2O3/c1-14-8-10-15(11-9-14)19-18(22)20(13-12-17(21)23-2)16-6-4-3-5-7-16/h8-11,16H,3-7,12-13H2,1-2H3,(H,19,22). The van der Waals surface area contributed by atoms with Gasteiger partial charge in [-0.25, -0.2) is 4.79 Å². The number of esters is 1. The summed E-state index contributed by atoms with van der Waals surface area (Å²) in [6.45, 7) is 2.41. The van der Waals surface area contributed by atoms with E-state index in [2.05, 4.69) is 5.32 Å². The van der Waals surface area contributed by atoms with Crippen LogP contribution in [-0.4, -0.2) is 36.6 Å². The molecule has 0 bridgehead atoms. The first-order valence-corrected chi connectivity index (χ1v) is 8.31. The van der Waals surface area contributed by atoms with Crippen LogP contribution in [0.2, 0.25) is 0 Å². The van der Waals surface area contributed by atoms with Crippen LogP contribution in [0.5, 0.6) is 0 Å². The maximum Gasteiger partial charge on any atom is 0.322 e. The third kappa shape index (κ3) is 5.27. The molecule has 2 rings (SSSR count). The first-order valence-electron chi connectivity index (χ1n) is 8.31. The number of carbonyl (C=O) groups excluding carboxylic acids is 2. The molecule has 1 aromatic carbocycles. The van der Waals surface area contributed by atoms with E-state index in [0.717, 1.165) is 36.9 Å². The number of urea groups is 1. The lowest BCUT2D eigenvalue weighted by Gasteiger charge is -2.34. The Morgan fingerprint density at radius 1 is 1.17 bits per heavy atom. The zero-order valence-corrected chi connectivity index (χ0v) is 14.0. The Morgan fingerprint density at radius 3 is 2.43 bits per heavy atom. The van der Waals surface area contributed by atoms with Gasteiger partial charge in [0.05, 0.1) is 13.5 Å². The van der Waals surface area contributed by atoms with Crippen molar-refractivity contribution in [3.63, 3.8) is 0 Å². The molecule has 0 saturated heterocycles. The summed E-state index contributed by atoms with van der Waals surface area (Å²) in [5.41, 5.74) is 1.93. The number of anilines is 1. The van der Waals surface area contributed by atoms with Crippen molar-refractivity contribution in [1.29, 1.82) is 0 Å². The SMILES string of the molecule is COC(=O)CCN(C(=O)Nc1ccc(C)cc1)C1CCCCC1. The van der Waals surface area contributed by atoms with Gasteiger partial charge in [-0.05, 0) is 31.9 Å². The molecule has 0 aliphatic heterocycles. The van der Waals surface area contributed by atoms with Gasteiger partial charge < -0.3 is 15.0 Å². The van der Waals surface area contributed by atoms with Crippen molar-refractivity contribution in [3.05, 3.63) is 29.8 Å². The quantitative estimate of drug-likeness (QED) is 0.842. The minimum atomic E-state index is -0.283. The van der Waals surface area contributed by atoms with Gasteiger partial charge in [-0.1, -0.05) is 37.0 Å². The number of hydrogen-bond acceptors (Lipinski definition) is 3. The van der Waals surface area contributed by atoms with E-state index < -0.39 is 0 Å². The predicted octanol–water partition coefficient (Wildman–Crippen LogP) is 3.72. The van der Waals surface area contributed by atoms with Crippen LogP contribution in [0.3, 0.4) is 0 Å². The highest BCUT2D eigenvalue weighted by Gasteiger charge is 2.26. The van der Waals surface area contributed by atoms with Crippen LogP contribution in [-0.2, 0) is 9.53 Å². The number of nitrogens with zero attached hydrogens (tertiary/aromatic N) is 1. The van der Waals surface area contributed by atoms with Crippen molar-refractivity contribution >= 4 is 17.7 Å². The van der Waals surface area contributed by atoms with Gasteiger partial charge in [0, 0.05) is 18.3 Å². The molecule has 0 aromatic heterocycles. The number of benzene rings is 1. The normalized spacial score (nSPS) is 15.0. The van der Waals surface area contributed by atoms with E-state index in [-0.39, 0.29) is 24.5 Å². The predicted molar refractivity (Wildman–Crippen MR) is 90.4 cm³/mol. The van der Waals surface area contributed by atoms with E-state index in [0.29, 0.717) is 6.54 Å². The number of hydrogen-bond donors (Lipinski definition) is 1. The third-order valence-corrected chi connectivity index (χ3v) is 4.36. The van der Waals surface area contributed by atoms with Gasteiger partial charge in [-0.2, -0.15) is 0 Å². The lowest BCUT2D eigenvalue weighted by atomic mass is 9.94. The van der Waals surface area contributed by atoms with E-state index in [1.165, 1.54) is 13.5 Å². The Labute approximate surface area is 138 Å². The zero-order valence-electron chi connectivity index (χ0n) is 14.0. The Bertz CT molecular complexity index is 522. The molecule has 126 valence electrons. The summed E-state index contributed by atoms with van der Waals surface area (Å²) in [5.74, 6) is -0.283. The molecular weight excluding hydrogens is 292 g/mol. The fraction of sp³-hybridized carbons (Fsp3) is 0.556. The molecule has 0 unspecified atom stereocenters.